The van der Waals surface area contributed by atoms with Gasteiger partial charge in [0.2, 0.25) is 11.8 Å². The summed E-state index contributed by atoms with van der Waals surface area (Å²) in [5.41, 5.74) is 0.630. The third-order valence-electron chi connectivity index (χ3n) is 4.04. The lowest BCUT2D eigenvalue weighted by Crippen LogP contribution is -2.40. The fourth-order valence-corrected chi connectivity index (χ4v) is 2.89. The molecule has 3 N–H and O–H groups in total. The van der Waals surface area contributed by atoms with Crippen LogP contribution in [0, 0.1) is 11.8 Å². The van der Waals surface area contributed by atoms with Gasteiger partial charge in [-0.2, -0.15) is 0 Å². The Morgan fingerprint density at radius 1 is 1.22 bits per heavy atom. The van der Waals surface area contributed by atoms with Crippen molar-refractivity contribution >= 4 is 23.5 Å². The first kappa shape index (κ1) is 16.9. The van der Waals surface area contributed by atoms with E-state index in [1.165, 1.54) is 0 Å². The van der Waals surface area contributed by atoms with Crippen LogP contribution in [-0.4, -0.2) is 34.4 Å². The van der Waals surface area contributed by atoms with Crippen molar-refractivity contribution < 1.29 is 19.5 Å². The van der Waals surface area contributed by atoms with Gasteiger partial charge in [0.25, 0.3) is 0 Å². The summed E-state index contributed by atoms with van der Waals surface area (Å²) in [5, 5.41) is 14.5. The second kappa shape index (κ2) is 8.26. The lowest BCUT2D eigenvalue weighted by Gasteiger charge is -2.18. The van der Waals surface area contributed by atoms with Crippen LogP contribution in [0.5, 0.6) is 0 Å². The molecule has 1 fully saturated rings. The summed E-state index contributed by atoms with van der Waals surface area (Å²) < 4.78 is 0. The van der Waals surface area contributed by atoms with Crippen LogP contribution in [0.25, 0.3) is 0 Å². The largest absolute Gasteiger partial charge is 0.481 e. The van der Waals surface area contributed by atoms with Crippen molar-refractivity contribution in [1.82, 2.24) is 10.3 Å². The number of hydrogen-bond donors (Lipinski definition) is 3. The molecule has 0 radical (unpaired) electrons. The summed E-state index contributed by atoms with van der Waals surface area (Å²) in [5.74, 6) is -2.94. The second-order valence-corrected chi connectivity index (χ2v) is 5.69. The predicted octanol–water partition coefficient (Wildman–Crippen LogP) is 1.42. The van der Waals surface area contributed by atoms with E-state index in [0.717, 1.165) is 25.7 Å². The number of nitrogens with zero attached hydrogens (tertiary/aromatic N) is 1. The van der Waals surface area contributed by atoms with Gasteiger partial charge in [0.05, 0.1) is 0 Å². The van der Waals surface area contributed by atoms with Crippen molar-refractivity contribution in [3.8, 4) is 0 Å². The van der Waals surface area contributed by atoms with Crippen LogP contribution in [0.2, 0.25) is 0 Å². The van der Waals surface area contributed by atoms with Gasteiger partial charge < -0.3 is 15.7 Å². The smallest absolute Gasteiger partial charge is 0.316 e. The van der Waals surface area contributed by atoms with E-state index < -0.39 is 17.8 Å². The molecule has 23 heavy (non-hydrogen) atoms. The van der Waals surface area contributed by atoms with Gasteiger partial charge in [0.1, 0.15) is 5.92 Å². The number of aliphatic carboxylic acids is 1. The monoisotopic (exact) mass is 319 g/mol. The van der Waals surface area contributed by atoms with Crippen LogP contribution >= 0.6 is 0 Å². The third-order valence-corrected chi connectivity index (χ3v) is 4.04. The predicted molar refractivity (Wildman–Crippen MR) is 83.6 cm³/mol. The Morgan fingerprint density at radius 2 is 1.87 bits per heavy atom. The van der Waals surface area contributed by atoms with Gasteiger partial charge in [-0.05, 0) is 30.9 Å². The summed E-state index contributed by atoms with van der Waals surface area (Å²) in [7, 11) is 0. The van der Waals surface area contributed by atoms with E-state index in [1.807, 2.05) is 0 Å². The van der Waals surface area contributed by atoms with Crippen molar-refractivity contribution in [3.05, 3.63) is 24.5 Å². The fraction of sp³-hybridized carbons (Fsp3) is 0.500. The molecule has 2 rings (SSSR count). The van der Waals surface area contributed by atoms with Crippen LogP contribution in [0.1, 0.15) is 32.1 Å². The van der Waals surface area contributed by atoms with E-state index >= 15 is 0 Å². The van der Waals surface area contributed by atoms with Crippen molar-refractivity contribution in [2.45, 2.75) is 32.1 Å². The van der Waals surface area contributed by atoms with Crippen LogP contribution in [-0.2, 0) is 14.4 Å². The summed E-state index contributed by atoms with van der Waals surface area (Å²) in [4.78, 5) is 39.0. The average Bonchev–Trinajstić information content (AvgIpc) is 3.02. The molecule has 1 aromatic rings. The lowest BCUT2D eigenvalue weighted by atomic mass is 9.90. The molecule has 0 spiro atoms. The van der Waals surface area contributed by atoms with E-state index in [0.29, 0.717) is 5.69 Å². The highest BCUT2D eigenvalue weighted by Crippen LogP contribution is 2.31. The molecular formula is C16H21N3O4. The molecule has 124 valence electrons. The summed E-state index contributed by atoms with van der Waals surface area (Å²) in [6.45, 7) is 0.117. The first-order valence-electron chi connectivity index (χ1n) is 7.78. The van der Waals surface area contributed by atoms with Gasteiger partial charge in [-0.15, -0.1) is 0 Å². The molecular weight excluding hydrogens is 298 g/mol. The molecule has 1 aliphatic carbocycles. The van der Waals surface area contributed by atoms with Crippen molar-refractivity contribution in [2.24, 2.45) is 11.8 Å². The number of pyridine rings is 1. The summed E-state index contributed by atoms with van der Waals surface area (Å²) in [6, 6.07) is 3.33. The fourth-order valence-electron chi connectivity index (χ4n) is 2.89. The van der Waals surface area contributed by atoms with E-state index in [1.54, 1.807) is 24.5 Å². The average molecular weight is 319 g/mol. The van der Waals surface area contributed by atoms with Gasteiger partial charge in [-0.1, -0.05) is 12.8 Å². The number of aromatic nitrogens is 1. The van der Waals surface area contributed by atoms with Crippen molar-refractivity contribution in [2.75, 3.05) is 11.9 Å². The summed E-state index contributed by atoms with van der Waals surface area (Å²) >= 11 is 0. The Labute approximate surface area is 134 Å². The number of carbonyl (C=O) groups is 3. The van der Waals surface area contributed by atoms with Gasteiger partial charge >= 0.3 is 5.97 Å². The number of hydrogen-bond acceptors (Lipinski definition) is 4. The highest BCUT2D eigenvalue weighted by molar-refractivity contribution is 5.97. The van der Waals surface area contributed by atoms with Crippen molar-refractivity contribution in [3.63, 3.8) is 0 Å². The molecule has 0 aromatic carbocycles. The Bertz CT molecular complexity index is 556. The maximum atomic E-state index is 12.1. The Morgan fingerprint density at radius 3 is 2.48 bits per heavy atom. The molecule has 1 unspecified atom stereocenters. The number of carbonyl (C=O) groups excluding carboxylic acids is 2. The van der Waals surface area contributed by atoms with Crippen molar-refractivity contribution in [1.29, 1.82) is 0 Å². The van der Waals surface area contributed by atoms with Gasteiger partial charge in [-0.3, -0.25) is 19.4 Å². The number of amides is 2. The zero-order valence-corrected chi connectivity index (χ0v) is 12.8. The SMILES string of the molecule is O=C(CCNC(=O)C(C(=O)O)C1CCCC1)Nc1ccncc1. The molecule has 2 amide bonds. The zero-order valence-electron chi connectivity index (χ0n) is 12.8. The standard InChI is InChI=1S/C16H21N3O4/c20-13(19-12-5-8-17-9-6-12)7-10-18-15(21)14(16(22)23)11-3-1-2-4-11/h5-6,8-9,11,14H,1-4,7,10H2,(H,18,21)(H,22,23)(H,17,19,20). The number of rotatable bonds is 7. The Balaban J connectivity index is 1.76. The molecule has 1 heterocycles. The molecule has 0 bridgehead atoms. The van der Waals surface area contributed by atoms with Crippen LogP contribution < -0.4 is 10.6 Å². The molecule has 1 aliphatic rings. The minimum absolute atomic E-state index is 0.0884. The quantitative estimate of drug-likeness (QED) is 0.659. The number of anilines is 1. The molecule has 1 aromatic heterocycles. The molecule has 7 nitrogen and oxygen atoms in total. The van der Waals surface area contributed by atoms with Gasteiger partial charge in [0.15, 0.2) is 0 Å². The maximum Gasteiger partial charge on any atom is 0.316 e. The number of nitrogens with one attached hydrogen (secondary N) is 2. The zero-order chi connectivity index (χ0) is 16.7. The second-order valence-electron chi connectivity index (χ2n) is 5.69. The molecule has 0 aliphatic heterocycles. The Hall–Kier alpha value is -2.44. The topological polar surface area (TPSA) is 108 Å². The lowest BCUT2D eigenvalue weighted by molar-refractivity contribution is -0.149. The van der Waals surface area contributed by atoms with E-state index in [9.17, 15) is 19.5 Å². The van der Waals surface area contributed by atoms with Crippen LogP contribution in [0.3, 0.4) is 0 Å². The first-order valence-corrected chi connectivity index (χ1v) is 7.78. The first-order chi connectivity index (χ1) is 11.1. The number of carboxylic acids is 1. The van der Waals surface area contributed by atoms with E-state index in [-0.39, 0.29) is 24.8 Å². The van der Waals surface area contributed by atoms with E-state index in [4.69, 9.17) is 0 Å². The van der Waals surface area contributed by atoms with E-state index in [2.05, 4.69) is 15.6 Å². The minimum atomic E-state index is -1.09. The van der Waals surface area contributed by atoms with Gasteiger partial charge in [-0.25, -0.2) is 0 Å². The third kappa shape index (κ3) is 5.05. The summed E-state index contributed by atoms with van der Waals surface area (Å²) in [6.07, 6.45) is 6.70. The van der Waals surface area contributed by atoms with Crippen LogP contribution in [0.15, 0.2) is 24.5 Å². The highest BCUT2D eigenvalue weighted by Gasteiger charge is 2.36. The maximum absolute atomic E-state index is 12.1. The molecule has 1 atom stereocenters. The Kier molecular flexibility index (Phi) is 6.08. The van der Waals surface area contributed by atoms with Crippen LogP contribution in [0.4, 0.5) is 5.69 Å². The normalized spacial score (nSPS) is 15.8. The molecule has 7 heteroatoms. The molecule has 0 saturated heterocycles. The minimum Gasteiger partial charge on any atom is -0.481 e. The number of carboxylic acid groups (broad SMARTS) is 1. The molecule has 1 saturated carbocycles. The highest BCUT2D eigenvalue weighted by atomic mass is 16.4. The van der Waals surface area contributed by atoms with Gasteiger partial charge in [0, 0.05) is 31.0 Å².